The molecule has 2 fully saturated rings. The zero-order chi connectivity index (χ0) is 16.6. The lowest BCUT2D eigenvalue weighted by atomic mass is 9.97. The summed E-state index contributed by atoms with van der Waals surface area (Å²) in [6.07, 6.45) is 3.23. The third-order valence-electron chi connectivity index (χ3n) is 5.08. The van der Waals surface area contributed by atoms with Gasteiger partial charge in [0.15, 0.2) is 0 Å². The zero-order valence-electron chi connectivity index (χ0n) is 14.7. The van der Waals surface area contributed by atoms with Crippen molar-refractivity contribution >= 4 is 5.91 Å². The molecule has 2 aliphatic heterocycles. The summed E-state index contributed by atoms with van der Waals surface area (Å²) in [5.74, 6) is 2.06. The summed E-state index contributed by atoms with van der Waals surface area (Å²) in [5.41, 5.74) is -0.0942. The van der Waals surface area contributed by atoms with Crippen molar-refractivity contribution in [2.75, 3.05) is 26.2 Å². The van der Waals surface area contributed by atoms with E-state index < -0.39 is 0 Å². The lowest BCUT2D eigenvalue weighted by Crippen LogP contribution is -2.45. The van der Waals surface area contributed by atoms with E-state index in [9.17, 15) is 4.79 Å². The minimum Gasteiger partial charge on any atom is -0.424 e. The molecule has 3 heterocycles. The predicted molar refractivity (Wildman–Crippen MR) is 87.2 cm³/mol. The van der Waals surface area contributed by atoms with Crippen molar-refractivity contribution in [3.63, 3.8) is 0 Å². The predicted octanol–water partition coefficient (Wildman–Crippen LogP) is 2.17. The number of nitrogens with zero attached hydrogens (tertiary/aromatic N) is 4. The third-order valence-corrected chi connectivity index (χ3v) is 5.08. The summed E-state index contributed by atoms with van der Waals surface area (Å²) in [7, 11) is 0. The lowest BCUT2D eigenvalue weighted by molar-refractivity contribution is -0.130. The van der Waals surface area contributed by atoms with Crippen LogP contribution in [0.25, 0.3) is 0 Å². The molecular formula is C17H28N4O2. The van der Waals surface area contributed by atoms with Crippen LogP contribution in [0.3, 0.4) is 0 Å². The Kier molecular flexibility index (Phi) is 4.45. The van der Waals surface area contributed by atoms with Gasteiger partial charge in [0.2, 0.25) is 17.7 Å². The molecule has 0 aromatic carbocycles. The Labute approximate surface area is 138 Å². The van der Waals surface area contributed by atoms with Crippen molar-refractivity contribution in [2.24, 2.45) is 0 Å². The Balaban J connectivity index is 1.57. The Hall–Kier alpha value is -1.43. The minimum absolute atomic E-state index is 0.0942. The summed E-state index contributed by atoms with van der Waals surface area (Å²) in [6, 6.07) is 0.584. The van der Waals surface area contributed by atoms with Crippen molar-refractivity contribution < 1.29 is 9.21 Å². The van der Waals surface area contributed by atoms with Crippen LogP contribution in [0, 0.1) is 0 Å². The molecule has 0 N–H and O–H groups in total. The van der Waals surface area contributed by atoms with Crippen LogP contribution in [0.5, 0.6) is 0 Å². The van der Waals surface area contributed by atoms with Gasteiger partial charge in [0.25, 0.3) is 0 Å². The van der Waals surface area contributed by atoms with Gasteiger partial charge in [0.05, 0.1) is 5.92 Å². The first kappa shape index (κ1) is 16.4. The quantitative estimate of drug-likeness (QED) is 0.835. The molecule has 0 saturated carbocycles. The fraction of sp³-hybridized carbons (Fsp3) is 0.824. The van der Waals surface area contributed by atoms with Crippen LogP contribution >= 0.6 is 0 Å². The van der Waals surface area contributed by atoms with E-state index in [2.05, 4.69) is 35.9 Å². The lowest BCUT2D eigenvalue weighted by Gasteiger charge is -2.36. The van der Waals surface area contributed by atoms with Crippen LogP contribution in [0.2, 0.25) is 0 Å². The second-order valence-corrected chi connectivity index (χ2v) is 7.91. The molecule has 1 amide bonds. The van der Waals surface area contributed by atoms with Crippen LogP contribution < -0.4 is 0 Å². The molecule has 1 atom stereocenters. The normalized spacial score (nSPS) is 24.3. The van der Waals surface area contributed by atoms with E-state index in [0.717, 1.165) is 57.2 Å². The first-order chi connectivity index (χ1) is 10.8. The first-order valence-corrected chi connectivity index (χ1v) is 8.68. The SMILES string of the molecule is CC(=O)N1CCC(N2CC[C@H](c3nnc(C(C)(C)C)o3)C2)CC1. The van der Waals surface area contributed by atoms with Crippen LogP contribution in [-0.2, 0) is 10.2 Å². The van der Waals surface area contributed by atoms with Crippen molar-refractivity contribution in [3.8, 4) is 0 Å². The van der Waals surface area contributed by atoms with E-state index in [1.165, 1.54) is 0 Å². The van der Waals surface area contributed by atoms with Crippen molar-refractivity contribution in [2.45, 2.75) is 64.3 Å². The molecule has 23 heavy (non-hydrogen) atoms. The number of piperidine rings is 1. The van der Waals surface area contributed by atoms with Gasteiger partial charge in [0.1, 0.15) is 0 Å². The molecule has 2 saturated heterocycles. The van der Waals surface area contributed by atoms with E-state index in [4.69, 9.17) is 4.42 Å². The maximum Gasteiger partial charge on any atom is 0.221 e. The van der Waals surface area contributed by atoms with E-state index in [1.54, 1.807) is 6.92 Å². The highest BCUT2D eigenvalue weighted by atomic mass is 16.4. The molecule has 0 aliphatic carbocycles. The second-order valence-electron chi connectivity index (χ2n) is 7.91. The molecule has 1 aromatic rings. The van der Waals surface area contributed by atoms with Gasteiger partial charge >= 0.3 is 0 Å². The minimum atomic E-state index is -0.0942. The number of carbonyl (C=O) groups excluding carboxylic acids is 1. The first-order valence-electron chi connectivity index (χ1n) is 8.68. The van der Waals surface area contributed by atoms with Crippen LogP contribution in [0.4, 0.5) is 0 Å². The molecule has 0 radical (unpaired) electrons. The highest BCUT2D eigenvalue weighted by Gasteiger charge is 2.34. The molecule has 2 aliphatic rings. The number of likely N-dealkylation sites (tertiary alicyclic amines) is 2. The fourth-order valence-electron chi connectivity index (χ4n) is 3.57. The Morgan fingerprint density at radius 3 is 2.39 bits per heavy atom. The number of hydrogen-bond donors (Lipinski definition) is 0. The number of amides is 1. The van der Waals surface area contributed by atoms with Gasteiger partial charge in [0, 0.05) is 38.0 Å². The molecule has 3 rings (SSSR count). The highest BCUT2D eigenvalue weighted by molar-refractivity contribution is 5.73. The van der Waals surface area contributed by atoms with E-state index in [1.807, 2.05) is 4.90 Å². The average molecular weight is 320 g/mol. The van der Waals surface area contributed by atoms with Crippen LogP contribution in [-0.4, -0.2) is 58.1 Å². The maximum absolute atomic E-state index is 11.4. The summed E-state index contributed by atoms with van der Waals surface area (Å²) in [5, 5.41) is 8.50. The Bertz CT molecular complexity index is 555. The molecule has 128 valence electrons. The number of hydrogen-bond acceptors (Lipinski definition) is 5. The van der Waals surface area contributed by atoms with E-state index in [0.29, 0.717) is 12.0 Å². The van der Waals surface area contributed by atoms with Gasteiger partial charge in [-0.1, -0.05) is 20.8 Å². The molecule has 0 spiro atoms. The standard InChI is InChI=1S/C17H28N4O2/c1-12(22)20-9-6-14(7-10-20)21-8-5-13(11-21)15-18-19-16(23-15)17(2,3)4/h13-14H,5-11H2,1-4H3/t13-/m0/s1. The second kappa shape index (κ2) is 6.23. The monoisotopic (exact) mass is 320 g/mol. The highest BCUT2D eigenvalue weighted by Crippen LogP contribution is 2.31. The average Bonchev–Trinajstić information content (AvgIpc) is 3.16. The number of carbonyl (C=O) groups is 1. The summed E-state index contributed by atoms with van der Waals surface area (Å²) in [6.45, 7) is 11.8. The fourth-order valence-corrected chi connectivity index (χ4v) is 3.57. The van der Waals surface area contributed by atoms with Gasteiger partial charge in [-0.25, -0.2) is 0 Å². The van der Waals surface area contributed by atoms with Crippen molar-refractivity contribution in [1.29, 1.82) is 0 Å². The Morgan fingerprint density at radius 1 is 1.13 bits per heavy atom. The molecule has 1 aromatic heterocycles. The molecule has 6 nitrogen and oxygen atoms in total. The zero-order valence-corrected chi connectivity index (χ0v) is 14.7. The third kappa shape index (κ3) is 3.57. The van der Waals surface area contributed by atoms with E-state index >= 15 is 0 Å². The van der Waals surface area contributed by atoms with Gasteiger partial charge in [-0.05, 0) is 25.8 Å². The van der Waals surface area contributed by atoms with Gasteiger partial charge in [-0.15, -0.1) is 10.2 Å². The molecule has 0 unspecified atom stereocenters. The van der Waals surface area contributed by atoms with Gasteiger partial charge in [-0.3, -0.25) is 9.69 Å². The largest absolute Gasteiger partial charge is 0.424 e. The van der Waals surface area contributed by atoms with Crippen LogP contribution in [0.15, 0.2) is 4.42 Å². The summed E-state index contributed by atoms with van der Waals surface area (Å²) < 4.78 is 5.91. The van der Waals surface area contributed by atoms with Gasteiger partial charge in [-0.2, -0.15) is 0 Å². The molecular weight excluding hydrogens is 292 g/mol. The van der Waals surface area contributed by atoms with Crippen molar-refractivity contribution in [3.05, 3.63) is 11.8 Å². The number of rotatable bonds is 2. The number of aromatic nitrogens is 2. The molecule has 6 heteroatoms. The summed E-state index contributed by atoms with van der Waals surface area (Å²) >= 11 is 0. The summed E-state index contributed by atoms with van der Waals surface area (Å²) in [4.78, 5) is 15.9. The van der Waals surface area contributed by atoms with Gasteiger partial charge < -0.3 is 9.32 Å². The maximum atomic E-state index is 11.4. The topological polar surface area (TPSA) is 62.5 Å². The van der Waals surface area contributed by atoms with Crippen molar-refractivity contribution in [1.82, 2.24) is 20.0 Å². The Morgan fingerprint density at radius 2 is 1.83 bits per heavy atom. The van der Waals surface area contributed by atoms with Crippen LogP contribution in [0.1, 0.15) is 64.7 Å². The smallest absolute Gasteiger partial charge is 0.221 e. The van der Waals surface area contributed by atoms with E-state index in [-0.39, 0.29) is 11.3 Å². The molecule has 0 bridgehead atoms.